The Morgan fingerprint density at radius 2 is 2.00 bits per heavy atom. The van der Waals surface area contributed by atoms with E-state index in [9.17, 15) is 14.4 Å². The third kappa shape index (κ3) is 4.33. The summed E-state index contributed by atoms with van der Waals surface area (Å²) < 4.78 is 1.91. The molecule has 27 heavy (non-hydrogen) atoms. The number of hydrogen-bond acceptors (Lipinski definition) is 4. The molecule has 142 valence electrons. The first-order valence-corrected chi connectivity index (χ1v) is 8.89. The third-order valence-electron chi connectivity index (χ3n) is 4.59. The molecule has 1 atom stereocenters. The average Bonchev–Trinajstić information content (AvgIpc) is 3.26. The topological polar surface area (TPSA) is 87.5 Å². The molecule has 1 saturated heterocycles. The van der Waals surface area contributed by atoms with Crippen LogP contribution in [0.15, 0.2) is 43.0 Å². The van der Waals surface area contributed by atoms with E-state index < -0.39 is 0 Å². The van der Waals surface area contributed by atoms with Crippen LogP contribution in [0.1, 0.15) is 31.4 Å². The van der Waals surface area contributed by atoms with Gasteiger partial charge in [-0.25, -0.2) is 9.78 Å². The molecule has 0 saturated carbocycles. The number of nitrogens with one attached hydrogen (secondary N) is 1. The number of carbonyl (C=O) groups is 3. The van der Waals surface area contributed by atoms with Crippen LogP contribution in [0.4, 0.5) is 4.79 Å². The Morgan fingerprint density at radius 1 is 1.26 bits per heavy atom. The van der Waals surface area contributed by atoms with Gasteiger partial charge in [0, 0.05) is 38.1 Å². The van der Waals surface area contributed by atoms with Gasteiger partial charge in [0.25, 0.3) is 0 Å². The zero-order valence-electron chi connectivity index (χ0n) is 15.5. The summed E-state index contributed by atoms with van der Waals surface area (Å²) in [6.45, 7) is 2.30. The maximum atomic E-state index is 12.2. The summed E-state index contributed by atoms with van der Waals surface area (Å²) in [4.78, 5) is 42.3. The highest BCUT2D eigenvalue weighted by atomic mass is 16.2. The molecule has 8 heteroatoms. The van der Waals surface area contributed by atoms with Crippen LogP contribution in [0.25, 0.3) is 5.69 Å². The molecule has 1 aromatic heterocycles. The highest BCUT2D eigenvalue weighted by Crippen LogP contribution is 2.16. The molecule has 3 rings (SSSR count). The molecule has 2 aromatic rings. The first kappa shape index (κ1) is 18.6. The fourth-order valence-electron chi connectivity index (χ4n) is 3.03. The highest BCUT2D eigenvalue weighted by Gasteiger charge is 2.32. The van der Waals surface area contributed by atoms with Gasteiger partial charge in [0.05, 0.1) is 12.4 Å². The molecule has 8 nitrogen and oxygen atoms in total. The first-order valence-electron chi connectivity index (χ1n) is 8.89. The number of nitrogens with zero attached hydrogens (tertiary/aromatic N) is 4. The van der Waals surface area contributed by atoms with Gasteiger partial charge in [0.15, 0.2) is 0 Å². The van der Waals surface area contributed by atoms with Crippen LogP contribution < -0.4 is 5.32 Å². The standard InChI is InChI=1S/C19H23N5O3/c1-14(15-5-7-16(8-6-15)23-11-9-20-13-23)21-17(25)4-3-10-24-18(26)12-22(2)19(24)27/h5-9,11,13-14H,3-4,10,12H2,1-2H3,(H,21,25)/t14-/m1/s1. The fourth-order valence-corrected chi connectivity index (χ4v) is 3.03. The smallest absolute Gasteiger partial charge is 0.326 e. The molecular formula is C19H23N5O3. The average molecular weight is 369 g/mol. The molecule has 1 aromatic carbocycles. The van der Waals surface area contributed by atoms with Gasteiger partial charge in [-0.1, -0.05) is 12.1 Å². The Kier molecular flexibility index (Phi) is 5.54. The SMILES string of the molecule is C[C@@H](NC(=O)CCCN1C(=O)CN(C)C1=O)c1ccc(-n2ccnc2)cc1. The Balaban J connectivity index is 1.46. The molecule has 0 bridgehead atoms. The molecule has 4 amide bonds. The largest absolute Gasteiger partial charge is 0.350 e. The number of urea groups is 1. The number of imide groups is 1. The van der Waals surface area contributed by atoms with Crippen molar-refractivity contribution in [1.29, 1.82) is 0 Å². The van der Waals surface area contributed by atoms with Crippen molar-refractivity contribution in [2.75, 3.05) is 20.1 Å². The van der Waals surface area contributed by atoms with Crippen molar-refractivity contribution in [1.82, 2.24) is 24.7 Å². The lowest BCUT2D eigenvalue weighted by Crippen LogP contribution is -2.33. The minimum absolute atomic E-state index is 0.103. The Hall–Kier alpha value is -3.16. The van der Waals surface area contributed by atoms with E-state index in [0.717, 1.165) is 11.3 Å². The Morgan fingerprint density at radius 3 is 2.59 bits per heavy atom. The van der Waals surface area contributed by atoms with E-state index in [1.165, 1.54) is 9.80 Å². The van der Waals surface area contributed by atoms with E-state index in [2.05, 4.69) is 10.3 Å². The van der Waals surface area contributed by atoms with Crippen LogP contribution >= 0.6 is 0 Å². The van der Waals surface area contributed by atoms with Gasteiger partial charge in [-0.2, -0.15) is 0 Å². The maximum absolute atomic E-state index is 12.2. The van der Waals surface area contributed by atoms with E-state index in [4.69, 9.17) is 0 Å². The van der Waals surface area contributed by atoms with Gasteiger partial charge in [0.1, 0.15) is 6.54 Å². The maximum Gasteiger partial charge on any atom is 0.326 e. The number of rotatable bonds is 7. The van der Waals surface area contributed by atoms with E-state index in [0.29, 0.717) is 6.42 Å². The second-order valence-corrected chi connectivity index (χ2v) is 6.64. The number of aromatic nitrogens is 2. The minimum Gasteiger partial charge on any atom is -0.350 e. The number of benzene rings is 1. The summed E-state index contributed by atoms with van der Waals surface area (Å²) in [7, 11) is 1.59. The molecule has 1 aliphatic heterocycles. The van der Waals surface area contributed by atoms with Gasteiger partial charge in [-0.05, 0) is 31.0 Å². The molecule has 2 heterocycles. The zero-order valence-corrected chi connectivity index (χ0v) is 15.5. The number of hydrogen-bond donors (Lipinski definition) is 1. The van der Waals surface area contributed by atoms with E-state index in [-0.39, 0.29) is 43.4 Å². The van der Waals surface area contributed by atoms with Crippen LogP contribution in [0.3, 0.4) is 0 Å². The molecule has 0 aliphatic carbocycles. The molecular weight excluding hydrogens is 346 g/mol. The second-order valence-electron chi connectivity index (χ2n) is 6.64. The van der Waals surface area contributed by atoms with E-state index in [1.807, 2.05) is 42.0 Å². The fraction of sp³-hybridized carbons (Fsp3) is 0.368. The number of amides is 4. The summed E-state index contributed by atoms with van der Waals surface area (Å²) >= 11 is 0. The second kappa shape index (κ2) is 8.03. The molecule has 0 spiro atoms. The van der Waals surface area contributed by atoms with Crippen molar-refractivity contribution in [2.24, 2.45) is 0 Å². The first-order chi connectivity index (χ1) is 13.0. The Bertz CT molecular complexity index is 816. The molecule has 0 unspecified atom stereocenters. The number of likely N-dealkylation sites (N-methyl/N-ethyl adjacent to an activating group) is 1. The van der Waals surface area contributed by atoms with Crippen LogP contribution in [-0.4, -0.2) is 57.3 Å². The van der Waals surface area contributed by atoms with Crippen molar-refractivity contribution in [3.63, 3.8) is 0 Å². The quantitative estimate of drug-likeness (QED) is 0.753. The van der Waals surface area contributed by atoms with Crippen LogP contribution in [0.2, 0.25) is 0 Å². The molecule has 0 radical (unpaired) electrons. The van der Waals surface area contributed by atoms with Crippen LogP contribution in [0.5, 0.6) is 0 Å². The summed E-state index contributed by atoms with van der Waals surface area (Å²) in [5.74, 6) is -0.317. The van der Waals surface area contributed by atoms with Gasteiger partial charge in [-0.3, -0.25) is 14.5 Å². The van der Waals surface area contributed by atoms with Crippen LogP contribution in [0, 0.1) is 0 Å². The molecule has 1 fully saturated rings. The van der Waals surface area contributed by atoms with Crippen molar-refractivity contribution in [3.8, 4) is 5.69 Å². The predicted octanol–water partition coefficient (Wildman–Crippen LogP) is 1.72. The predicted molar refractivity (Wildman–Crippen MR) is 99.1 cm³/mol. The summed E-state index contributed by atoms with van der Waals surface area (Å²) in [5, 5.41) is 2.95. The van der Waals surface area contributed by atoms with Gasteiger partial charge in [0.2, 0.25) is 11.8 Å². The lowest BCUT2D eigenvalue weighted by Gasteiger charge is -2.16. The zero-order chi connectivity index (χ0) is 19.4. The lowest BCUT2D eigenvalue weighted by atomic mass is 10.1. The van der Waals surface area contributed by atoms with E-state index >= 15 is 0 Å². The van der Waals surface area contributed by atoms with Crippen molar-refractivity contribution >= 4 is 17.8 Å². The van der Waals surface area contributed by atoms with Crippen molar-refractivity contribution in [3.05, 3.63) is 48.5 Å². The lowest BCUT2D eigenvalue weighted by molar-refractivity contribution is -0.126. The normalized spacial score (nSPS) is 15.3. The van der Waals surface area contributed by atoms with Gasteiger partial charge >= 0.3 is 6.03 Å². The van der Waals surface area contributed by atoms with Crippen LogP contribution in [-0.2, 0) is 9.59 Å². The molecule has 1 N–H and O–H groups in total. The van der Waals surface area contributed by atoms with E-state index in [1.54, 1.807) is 19.6 Å². The van der Waals surface area contributed by atoms with Crippen molar-refractivity contribution < 1.29 is 14.4 Å². The molecule has 1 aliphatic rings. The minimum atomic E-state index is -0.299. The summed E-state index contributed by atoms with van der Waals surface area (Å²) in [6.07, 6.45) is 6.03. The summed E-state index contributed by atoms with van der Waals surface area (Å²) in [5.41, 5.74) is 2.00. The summed E-state index contributed by atoms with van der Waals surface area (Å²) in [6, 6.07) is 7.46. The monoisotopic (exact) mass is 369 g/mol. The highest BCUT2D eigenvalue weighted by molar-refractivity contribution is 6.01. The van der Waals surface area contributed by atoms with Crippen molar-refractivity contribution in [2.45, 2.75) is 25.8 Å². The van der Waals surface area contributed by atoms with Gasteiger partial charge < -0.3 is 14.8 Å². The van der Waals surface area contributed by atoms with Gasteiger partial charge in [-0.15, -0.1) is 0 Å². The number of carbonyl (C=O) groups excluding carboxylic acids is 3. The Labute approximate surface area is 157 Å². The number of imidazole rings is 1. The third-order valence-corrected chi connectivity index (χ3v) is 4.59.